The Morgan fingerprint density at radius 3 is 2.44 bits per heavy atom. The van der Waals surface area contributed by atoms with Crippen molar-refractivity contribution in [3.63, 3.8) is 0 Å². The maximum Gasteiger partial charge on any atom is 0.155 e. The van der Waals surface area contributed by atoms with E-state index in [2.05, 4.69) is 45.6 Å². The summed E-state index contributed by atoms with van der Waals surface area (Å²) in [6.45, 7) is 14.1. The first kappa shape index (κ1) is 30.2. The lowest BCUT2D eigenvalue weighted by atomic mass is 9.61. The molecule has 3 saturated carbocycles. The lowest BCUT2D eigenvalue weighted by Gasteiger charge is -2.46. The lowest BCUT2D eigenvalue weighted by Crippen LogP contribution is -2.51. The summed E-state index contributed by atoms with van der Waals surface area (Å²) in [7, 11) is 0. The molecular weight excluding hydrogens is 484 g/mol. The summed E-state index contributed by atoms with van der Waals surface area (Å²) in [6.07, 6.45) is 16.5. The predicted octanol–water partition coefficient (Wildman–Crippen LogP) is 7.60. The number of aliphatic hydroxyl groups is 1. The molecule has 0 aromatic heterocycles. The minimum absolute atomic E-state index is 0.0380. The van der Waals surface area contributed by atoms with Gasteiger partial charge in [0, 0.05) is 25.2 Å². The van der Waals surface area contributed by atoms with Crippen LogP contribution in [0.3, 0.4) is 0 Å². The Balaban J connectivity index is 1.59. The quantitative estimate of drug-likeness (QED) is 0.232. The van der Waals surface area contributed by atoms with Crippen LogP contribution in [0.15, 0.2) is 36.0 Å². The first-order valence-corrected chi connectivity index (χ1v) is 15.7. The minimum atomic E-state index is -1.08. The van der Waals surface area contributed by atoms with Crippen molar-refractivity contribution >= 4 is 17.3 Å². The molecule has 39 heavy (non-hydrogen) atoms. The molecule has 0 radical (unpaired) electrons. The third kappa shape index (κ3) is 6.26. The first-order valence-electron chi connectivity index (χ1n) is 15.7. The van der Waals surface area contributed by atoms with Crippen molar-refractivity contribution in [3.8, 4) is 0 Å². The van der Waals surface area contributed by atoms with Crippen LogP contribution in [0.2, 0.25) is 0 Å². The molecule has 0 heterocycles. The van der Waals surface area contributed by atoms with Crippen LogP contribution in [0, 0.1) is 46.8 Å². The van der Waals surface area contributed by atoms with Gasteiger partial charge in [0.05, 0.1) is 5.60 Å². The van der Waals surface area contributed by atoms with Gasteiger partial charge in [-0.05, 0) is 85.2 Å². The Morgan fingerprint density at radius 1 is 1.15 bits per heavy atom. The molecule has 0 saturated heterocycles. The van der Waals surface area contributed by atoms with E-state index in [9.17, 15) is 19.5 Å². The van der Waals surface area contributed by atoms with Crippen LogP contribution < -0.4 is 0 Å². The van der Waals surface area contributed by atoms with E-state index >= 15 is 0 Å². The van der Waals surface area contributed by atoms with Crippen molar-refractivity contribution in [2.75, 3.05) is 0 Å². The second-order valence-corrected chi connectivity index (χ2v) is 14.1. The number of rotatable bonds is 14. The van der Waals surface area contributed by atoms with Gasteiger partial charge in [-0.15, -0.1) is 0 Å². The zero-order valence-electron chi connectivity index (χ0n) is 25.1. The molecule has 4 aliphatic rings. The largest absolute Gasteiger partial charge is 0.390 e. The molecule has 0 aromatic carbocycles. The second-order valence-electron chi connectivity index (χ2n) is 14.1. The number of Topliss-reactive ketones (excluding diaryl/α,β-unsaturated/α-hetero) is 3. The first-order chi connectivity index (χ1) is 18.4. The van der Waals surface area contributed by atoms with E-state index in [0.29, 0.717) is 36.7 Å². The van der Waals surface area contributed by atoms with Crippen molar-refractivity contribution in [2.45, 2.75) is 117 Å². The van der Waals surface area contributed by atoms with Gasteiger partial charge in [0.15, 0.2) is 5.78 Å². The number of hydrogen-bond acceptors (Lipinski definition) is 4. The van der Waals surface area contributed by atoms with E-state index in [4.69, 9.17) is 0 Å². The van der Waals surface area contributed by atoms with Crippen molar-refractivity contribution in [1.82, 2.24) is 0 Å². The van der Waals surface area contributed by atoms with Gasteiger partial charge in [0.1, 0.15) is 11.6 Å². The van der Waals surface area contributed by atoms with Crippen LogP contribution >= 0.6 is 0 Å². The molecular formula is C35H52O4. The summed E-state index contributed by atoms with van der Waals surface area (Å²) in [4.78, 5) is 39.7. The molecule has 7 atom stereocenters. The Bertz CT molecular complexity index is 1020. The van der Waals surface area contributed by atoms with E-state index in [1.54, 1.807) is 6.92 Å². The molecule has 0 amide bonds. The van der Waals surface area contributed by atoms with Crippen LogP contribution in [0.5, 0.6) is 0 Å². The highest BCUT2D eigenvalue weighted by molar-refractivity contribution is 5.94. The molecule has 0 aliphatic heterocycles. The van der Waals surface area contributed by atoms with Crippen molar-refractivity contribution < 1.29 is 19.5 Å². The molecule has 7 unspecified atom stereocenters. The van der Waals surface area contributed by atoms with Gasteiger partial charge in [-0.1, -0.05) is 84.1 Å². The number of carbonyl (C=O) groups excluding carboxylic acids is 3. The number of ketones is 3. The molecule has 4 heteroatoms. The van der Waals surface area contributed by atoms with Crippen LogP contribution in [0.1, 0.15) is 112 Å². The van der Waals surface area contributed by atoms with Gasteiger partial charge in [-0.3, -0.25) is 14.4 Å². The average molecular weight is 537 g/mol. The van der Waals surface area contributed by atoms with Crippen molar-refractivity contribution in [2.24, 2.45) is 46.8 Å². The predicted molar refractivity (Wildman–Crippen MR) is 157 cm³/mol. The third-order valence-corrected chi connectivity index (χ3v) is 11.3. The fourth-order valence-corrected chi connectivity index (χ4v) is 8.91. The third-order valence-electron chi connectivity index (χ3n) is 11.3. The normalized spacial score (nSPS) is 30.7. The van der Waals surface area contributed by atoms with E-state index < -0.39 is 5.60 Å². The minimum Gasteiger partial charge on any atom is -0.390 e. The van der Waals surface area contributed by atoms with Gasteiger partial charge < -0.3 is 5.11 Å². The number of hydrogen-bond donors (Lipinski definition) is 1. The fraction of sp³-hybridized carbons (Fsp3) is 0.743. The number of fused-ring (bicyclic) bond motifs is 1. The maximum atomic E-state index is 14.1. The van der Waals surface area contributed by atoms with E-state index in [0.717, 1.165) is 56.9 Å². The van der Waals surface area contributed by atoms with Crippen LogP contribution in [0.25, 0.3) is 0 Å². The Kier molecular flexibility index (Phi) is 9.25. The molecule has 4 nitrogen and oxygen atoms in total. The fourth-order valence-electron chi connectivity index (χ4n) is 8.91. The van der Waals surface area contributed by atoms with Crippen LogP contribution in [-0.2, 0) is 14.4 Å². The Morgan fingerprint density at radius 2 is 1.85 bits per heavy atom. The van der Waals surface area contributed by atoms with E-state index in [1.165, 1.54) is 6.42 Å². The van der Waals surface area contributed by atoms with E-state index in [-0.39, 0.29) is 52.4 Å². The van der Waals surface area contributed by atoms with E-state index in [1.807, 2.05) is 6.92 Å². The zero-order valence-corrected chi connectivity index (χ0v) is 25.1. The Labute approximate surface area is 236 Å². The smallest absolute Gasteiger partial charge is 0.155 e. The lowest BCUT2D eigenvalue weighted by molar-refractivity contribution is -0.141. The van der Waals surface area contributed by atoms with Gasteiger partial charge in [0.25, 0.3) is 0 Å². The van der Waals surface area contributed by atoms with Gasteiger partial charge in [-0.2, -0.15) is 0 Å². The summed E-state index contributed by atoms with van der Waals surface area (Å²) < 4.78 is 0. The van der Waals surface area contributed by atoms with Gasteiger partial charge in [-0.25, -0.2) is 0 Å². The highest BCUT2D eigenvalue weighted by Gasteiger charge is 2.71. The topological polar surface area (TPSA) is 71.4 Å². The summed E-state index contributed by atoms with van der Waals surface area (Å²) in [5, 5.41) is 12.5. The van der Waals surface area contributed by atoms with Gasteiger partial charge in [0.2, 0.25) is 0 Å². The van der Waals surface area contributed by atoms with Gasteiger partial charge >= 0.3 is 0 Å². The molecule has 1 N–H and O–H groups in total. The summed E-state index contributed by atoms with van der Waals surface area (Å²) in [5.41, 5.74) is 0.659. The van der Waals surface area contributed by atoms with Crippen molar-refractivity contribution in [3.05, 3.63) is 36.0 Å². The molecule has 0 spiro atoms. The number of allylic oxidation sites excluding steroid dienone is 5. The number of carbonyl (C=O) groups is 3. The van der Waals surface area contributed by atoms with Crippen molar-refractivity contribution in [1.29, 1.82) is 0 Å². The summed E-state index contributed by atoms with van der Waals surface area (Å²) in [6, 6.07) is 0. The molecule has 3 fully saturated rings. The van der Waals surface area contributed by atoms with Crippen LogP contribution in [-0.4, -0.2) is 28.1 Å². The summed E-state index contributed by atoms with van der Waals surface area (Å²) >= 11 is 0. The molecule has 216 valence electrons. The standard InChI is InChI=1S/C35H52O4/c1-7-13-26(22(2)23(3)36)19-31(38)32-29(21-30-33(32)34(30,4)5)35(6,39)28(25-16-9-8-10-17-25)20-27(37)18-24-14-11-12-15-24/h11,14-15,25-26,28-30,32-33,39H,2,7-10,12-13,16-21H2,1,3-6H3. The van der Waals surface area contributed by atoms with Crippen LogP contribution in [0.4, 0.5) is 0 Å². The average Bonchev–Trinajstić information content (AvgIpc) is 3.32. The monoisotopic (exact) mass is 536 g/mol. The SMILES string of the molecule is C=C(C(C)=O)C(CCC)CC(=O)C1C2C(CC1C(C)(O)C(CC(=O)CC1=CCC=C1)C1CCCCC1)C2(C)C. The molecule has 4 rings (SSSR count). The molecule has 4 aliphatic carbocycles. The highest BCUT2D eigenvalue weighted by Crippen LogP contribution is 2.73. The molecule has 0 aromatic rings. The Hall–Kier alpha value is -1.81. The zero-order chi connectivity index (χ0) is 28.5. The maximum absolute atomic E-state index is 14.1. The highest BCUT2D eigenvalue weighted by atomic mass is 16.3. The summed E-state index contributed by atoms with van der Waals surface area (Å²) in [5.74, 6) is 0.745. The molecule has 0 bridgehead atoms. The second kappa shape index (κ2) is 12.0.